The third-order valence-corrected chi connectivity index (χ3v) is 5.28. The van der Waals surface area contributed by atoms with Crippen LogP contribution in [0.2, 0.25) is 0 Å². The molecule has 30 heavy (non-hydrogen) atoms. The topological polar surface area (TPSA) is 123 Å². The van der Waals surface area contributed by atoms with Crippen LogP contribution in [0, 0.1) is 0 Å². The van der Waals surface area contributed by atoms with Gasteiger partial charge in [0.1, 0.15) is 0 Å². The predicted octanol–water partition coefficient (Wildman–Crippen LogP) is 1.62. The van der Waals surface area contributed by atoms with E-state index in [1.807, 2.05) is 24.4 Å². The van der Waals surface area contributed by atoms with Gasteiger partial charge in [-0.2, -0.15) is 0 Å². The molecule has 2 aromatic rings. The maximum Gasteiger partial charge on any atom is 0.308 e. The van der Waals surface area contributed by atoms with Crippen LogP contribution in [0.5, 0.6) is 0 Å². The van der Waals surface area contributed by atoms with E-state index in [9.17, 15) is 19.2 Å². The van der Waals surface area contributed by atoms with Crippen LogP contribution in [0.1, 0.15) is 38.5 Å². The summed E-state index contributed by atoms with van der Waals surface area (Å²) < 4.78 is 10.6. The highest BCUT2D eigenvalue weighted by atomic mass is 32.1. The molecule has 0 radical (unpaired) electrons. The quantitative estimate of drug-likeness (QED) is 0.408. The molecule has 3 rings (SSSR count). The zero-order valence-electron chi connectivity index (χ0n) is 16.5. The molecule has 10 nitrogen and oxygen atoms in total. The first-order valence-electron chi connectivity index (χ1n) is 9.60. The van der Waals surface area contributed by atoms with Crippen LogP contribution in [0.3, 0.4) is 0 Å². The Morgan fingerprint density at radius 2 is 2.03 bits per heavy atom. The number of likely N-dealkylation sites (tertiary alicyclic amines) is 1. The van der Waals surface area contributed by atoms with E-state index in [1.54, 1.807) is 0 Å². The number of rotatable bonds is 10. The Labute approximate surface area is 176 Å². The predicted molar refractivity (Wildman–Crippen MR) is 105 cm³/mol. The molecule has 0 aromatic carbocycles. The summed E-state index contributed by atoms with van der Waals surface area (Å²) in [5, 5.41) is 9.87. The van der Waals surface area contributed by atoms with Crippen LogP contribution < -0.4 is 0 Å². The van der Waals surface area contributed by atoms with Crippen LogP contribution in [-0.2, 0) is 30.5 Å². The summed E-state index contributed by atoms with van der Waals surface area (Å²) in [5.41, 5.74) is 0. The molecule has 1 fully saturated rings. The minimum Gasteiger partial charge on any atom is -0.456 e. The molecule has 0 bridgehead atoms. The van der Waals surface area contributed by atoms with E-state index in [-0.39, 0.29) is 50.1 Å². The van der Waals surface area contributed by atoms with E-state index in [4.69, 9.17) is 9.15 Å². The number of hydrogen-bond donors (Lipinski definition) is 0. The molecule has 2 aromatic heterocycles. The van der Waals surface area contributed by atoms with Gasteiger partial charge in [-0.15, -0.1) is 21.5 Å². The Hall–Kier alpha value is -3.08. The second kappa shape index (κ2) is 10.1. The minimum absolute atomic E-state index is 0.0309. The van der Waals surface area contributed by atoms with E-state index >= 15 is 0 Å². The first kappa shape index (κ1) is 21.6. The van der Waals surface area contributed by atoms with E-state index < -0.39 is 18.5 Å². The largest absolute Gasteiger partial charge is 0.456 e. The molecule has 0 saturated carbocycles. The lowest BCUT2D eigenvalue weighted by Crippen LogP contribution is -2.35. The van der Waals surface area contributed by atoms with Gasteiger partial charge >= 0.3 is 5.97 Å². The number of hydrogen-bond acceptors (Lipinski definition) is 9. The zero-order chi connectivity index (χ0) is 21.5. The van der Waals surface area contributed by atoms with Crippen molar-refractivity contribution in [3.63, 3.8) is 0 Å². The second-order valence-electron chi connectivity index (χ2n) is 6.64. The van der Waals surface area contributed by atoms with Gasteiger partial charge in [0, 0.05) is 25.9 Å². The maximum absolute atomic E-state index is 12.5. The average molecular weight is 434 g/mol. The highest BCUT2D eigenvalue weighted by Gasteiger charge is 2.29. The summed E-state index contributed by atoms with van der Waals surface area (Å²) in [6, 6.07) is 3.74. The van der Waals surface area contributed by atoms with Gasteiger partial charge in [-0.1, -0.05) is 13.0 Å². The Morgan fingerprint density at radius 3 is 2.70 bits per heavy atom. The van der Waals surface area contributed by atoms with Gasteiger partial charge in [-0.25, -0.2) is 0 Å². The Morgan fingerprint density at radius 1 is 1.27 bits per heavy atom. The molecule has 0 N–H and O–H groups in total. The second-order valence-corrected chi connectivity index (χ2v) is 7.59. The molecular weight excluding hydrogens is 412 g/mol. The molecule has 1 saturated heterocycles. The minimum atomic E-state index is -0.648. The third kappa shape index (κ3) is 5.50. The first-order chi connectivity index (χ1) is 14.5. The van der Waals surface area contributed by atoms with Gasteiger partial charge in [-0.3, -0.25) is 24.1 Å². The van der Waals surface area contributed by atoms with Crippen molar-refractivity contribution in [2.75, 3.05) is 19.7 Å². The summed E-state index contributed by atoms with van der Waals surface area (Å²) >= 11 is 1.47. The van der Waals surface area contributed by atoms with E-state index in [0.29, 0.717) is 18.9 Å². The Kier molecular flexibility index (Phi) is 7.28. The summed E-state index contributed by atoms with van der Waals surface area (Å²) in [5.74, 6) is -0.947. The molecule has 0 unspecified atom stereocenters. The van der Waals surface area contributed by atoms with Gasteiger partial charge in [0.15, 0.2) is 6.61 Å². The standard InChI is InChI=1S/C19H22N4O6S/c1-2-8-22(11-14-20-21-19(29-14)13-4-3-10-30-13)17(26)12-28-18(27)7-9-23-15(24)5-6-16(23)25/h3-4,10H,2,5-9,11-12H2,1H3. The van der Waals surface area contributed by atoms with E-state index in [0.717, 1.165) is 9.78 Å². The van der Waals surface area contributed by atoms with Crippen molar-refractivity contribution >= 4 is 35.0 Å². The lowest BCUT2D eigenvalue weighted by Gasteiger charge is -2.20. The SMILES string of the molecule is CCCN(Cc1nnc(-c2cccs2)o1)C(=O)COC(=O)CCN1C(=O)CCC1=O. The number of aromatic nitrogens is 2. The van der Waals surface area contributed by atoms with Gasteiger partial charge in [0.2, 0.25) is 17.7 Å². The van der Waals surface area contributed by atoms with E-state index in [1.165, 1.54) is 16.2 Å². The molecule has 0 atom stereocenters. The molecule has 160 valence electrons. The van der Waals surface area contributed by atoms with Crippen molar-refractivity contribution in [3.8, 4) is 10.8 Å². The van der Waals surface area contributed by atoms with Gasteiger partial charge < -0.3 is 14.1 Å². The number of esters is 1. The normalized spacial score (nSPS) is 13.7. The first-order valence-corrected chi connectivity index (χ1v) is 10.5. The summed E-state index contributed by atoms with van der Waals surface area (Å²) in [7, 11) is 0. The fourth-order valence-corrected chi connectivity index (χ4v) is 3.57. The summed E-state index contributed by atoms with van der Waals surface area (Å²) in [6.45, 7) is 1.99. The van der Waals surface area contributed by atoms with Crippen LogP contribution >= 0.6 is 11.3 Å². The number of amides is 3. The number of carbonyl (C=O) groups is 4. The van der Waals surface area contributed by atoms with Crippen molar-refractivity contribution in [2.45, 2.75) is 39.2 Å². The molecule has 1 aliphatic rings. The monoisotopic (exact) mass is 434 g/mol. The van der Waals surface area contributed by atoms with Crippen molar-refractivity contribution in [3.05, 3.63) is 23.4 Å². The smallest absolute Gasteiger partial charge is 0.308 e. The van der Waals surface area contributed by atoms with Gasteiger partial charge in [0.05, 0.1) is 17.8 Å². The molecule has 0 spiro atoms. The zero-order valence-corrected chi connectivity index (χ0v) is 17.4. The molecular formula is C19H22N4O6S. The van der Waals surface area contributed by atoms with Crippen LogP contribution in [-0.4, -0.2) is 63.4 Å². The van der Waals surface area contributed by atoms with Crippen LogP contribution in [0.15, 0.2) is 21.9 Å². The summed E-state index contributed by atoms with van der Waals surface area (Å²) in [4.78, 5) is 50.9. The molecule has 11 heteroatoms. The number of ether oxygens (including phenoxy) is 1. The number of carbonyl (C=O) groups excluding carboxylic acids is 4. The highest BCUT2D eigenvalue weighted by molar-refractivity contribution is 7.13. The lowest BCUT2D eigenvalue weighted by molar-refractivity contribution is -0.153. The molecule has 3 heterocycles. The van der Waals surface area contributed by atoms with Gasteiger partial charge in [0.25, 0.3) is 11.8 Å². The average Bonchev–Trinajstić information content (AvgIpc) is 3.47. The van der Waals surface area contributed by atoms with E-state index in [2.05, 4.69) is 10.2 Å². The van der Waals surface area contributed by atoms with Crippen molar-refractivity contribution in [1.82, 2.24) is 20.0 Å². The number of thiophene rings is 1. The third-order valence-electron chi connectivity index (χ3n) is 4.42. The highest BCUT2D eigenvalue weighted by Crippen LogP contribution is 2.23. The van der Waals surface area contributed by atoms with Crippen molar-refractivity contribution in [2.24, 2.45) is 0 Å². The fourth-order valence-electron chi connectivity index (χ4n) is 2.92. The van der Waals surface area contributed by atoms with Crippen molar-refractivity contribution < 1.29 is 28.3 Å². The van der Waals surface area contributed by atoms with Crippen molar-refractivity contribution in [1.29, 1.82) is 0 Å². The Balaban J connectivity index is 1.48. The number of imide groups is 1. The summed E-state index contributed by atoms with van der Waals surface area (Å²) in [6.07, 6.45) is 0.890. The fraction of sp³-hybridized carbons (Fsp3) is 0.474. The maximum atomic E-state index is 12.5. The number of nitrogens with zero attached hydrogens (tertiary/aromatic N) is 4. The molecule has 1 aliphatic heterocycles. The van der Waals surface area contributed by atoms with Crippen LogP contribution in [0.25, 0.3) is 10.8 Å². The van der Waals surface area contributed by atoms with Crippen LogP contribution in [0.4, 0.5) is 0 Å². The molecule has 3 amide bonds. The van der Waals surface area contributed by atoms with Gasteiger partial charge in [-0.05, 0) is 17.9 Å². The molecule has 0 aliphatic carbocycles. The lowest BCUT2D eigenvalue weighted by atomic mass is 10.3. The Bertz CT molecular complexity index is 894.